The number of imide groups is 2. The van der Waals surface area contributed by atoms with Gasteiger partial charge in [0.15, 0.2) is 0 Å². The minimum atomic E-state index is -0.664. The quantitative estimate of drug-likeness (QED) is 0.648. The van der Waals surface area contributed by atoms with E-state index in [0.29, 0.717) is 11.4 Å². The lowest BCUT2D eigenvalue weighted by atomic mass is 10.1. The standard InChI is InChI=1S/C24H24N2O4S/c1-3-15-5-9-17(10-6-15)25-21(27)13-19(23(25)29)31-20-14-22(28)26(24(20)30)18-11-7-16(4-2)8-12-18/h5-12,19-20H,3-4,13-14H2,1-2H3. The maximum Gasteiger partial charge on any atom is 0.247 e. The molecule has 2 atom stereocenters. The molecule has 2 fully saturated rings. The largest absolute Gasteiger partial charge is 0.274 e. The Balaban J connectivity index is 1.47. The van der Waals surface area contributed by atoms with Gasteiger partial charge in [0.1, 0.15) is 0 Å². The second kappa shape index (κ2) is 8.67. The first-order valence-electron chi connectivity index (χ1n) is 10.5. The van der Waals surface area contributed by atoms with Crippen LogP contribution < -0.4 is 9.80 Å². The Morgan fingerprint density at radius 1 is 0.677 bits per heavy atom. The molecule has 0 aliphatic carbocycles. The van der Waals surface area contributed by atoms with Gasteiger partial charge >= 0.3 is 0 Å². The van der Waals surface area contributed by atoms with Crippen molar-refractivity contribution in [3.63, 3.8) is 0 Å². The lowest BCUT2D eigenvalue weighted by Crippen LogP contribution is -2.33. The maximum absolute atomic E-state index is 12.9. The highest BCUT2D eigenvalue weighted by Gasteiger charge is 2.46. The zero-order valence-electron chi connectivity index (χ0n) is 17.5. The molecule has 2 aromatic carbocycles. The first-order chi connectivity index (χ1) is 14.9. The molecule has 4 rings (SSSR count). The summed E-state index contributed by atoms with van der Waals surface area (Å²) >= 11 is 1.13. The van der Waals surface area contributed by atoms with Crippen LogP contribution in [0.4, 0.5) is 11.4 Å². The van der Waals surface area contributed by atoms with Crippen molar-refractivity contribution < 1.29 is 19.2 Å². The maximum atomic E-state index is 12.9. The molecule has 0 radical (unpaired) electrons. The molecular formula is C24H24N2O4S. The van der Waals surface area contributed by atoms with E-state index in [-0.39, 0.29) is 36.5 Å². The predicted octanol–water partition coefficient (Wildman–Crippen LogP) is 3.51. The summed E-state index contributed by atoms with van der Waals surface area (Å²) in [5.74, 6) is -1.22. The first kappa shape index (κ1) is 21.3. The molecule has 0 bridgehead atoms. The van der Waals surface area contributed by atoms with Gasteiger partial charge in [0.2, 0.25) is 23.6 Å². The van der Waals surface area contributed by atoms with Crippen LogP contribution in [0.25, 0.3) is 0 Å². The van der Waals surface area contributed by atoms with E-state index in [0.717, 1.165) is 35.7 Å². The Labute approximate surface area is 185 Å². The second-order valence-electron chi connectivity index (χ2n) is 7.70. The van der Waals surface area contributed by atoms with Gasteiger partial charge in [0, 0.05) is 12.8 Å². The van der Waals surface area contributed by atoms with E-state index in [1.165, 1.54) is 9.80 Å². The summed E-state index contributed by atoms with van der Waals surface area (Å²) in [7, 11) is 0. The highest BCUT2D eigenvalue weighted by molar-refractivity contribution is 8.02. The number of amides is 4. The third kappa shape index (κ3) is 4.02. The average molecular weight is 437 g/mol. The Kier molecular flexibility index (Phi) is 5.96. The zero-order chi connectivity index (χ0) is 22.1. The molecule has 0 spiro atoms. The van der Waals surface area contributed by atoms with Gasteiger partial charge in [0.05, 0.1) is 21.9 Å². The number of nitrogens with zero attached hydrogens (tertiary/aromatic N) is 2. The number of carbonyl (C=O) groups is 4. The van der Waals surface area contributed by atoms with Crippen LogP contribution in [0.2, 0.25) is 0 Å². The van der Waals surface area contributed by atoms with Crippen molar-refractivity contribution in [1.29, 1.82) is 0 Å². The number of carbonyl (C=O) groups excluding carboxylic acids is 4. The normalized spacial score (nSPS) is 21.5. The topological polar surface area (TPSA) is 74.8 Å². The minimum Gasteiger partial charge on any atom is -0.274 e. The van der Waals surface area contributed by atoms with Crippen molar-refractivity contribution in [3.8, 4) is 0 Å². The molecule has 2 aromatic rings. The fourth-order valence-corrected chi connectivity index (χ4v) is 5.24. The van der Waals surface area contributed by atoms with Gasteiger partial charge in [-0.25, -0.2) is 9.80 Å². The Morgan fingerprint density at radius 3 is 1.35 bits per heavy atom. The van der Waals surface area contributed by atoms with Gasteiger partial charge in [-0.2, -0.15) is 0 Å². The first-order valence-corrected chi connectivity index (χ1v) is 11.4. The number of hydrogen-bond acceptors (Lipinski definition) is 5. The predicted molar refractivity (Wildman–Crippen MR) is 121 cm³/mol. The molecule has 160 valence electrons. The fourth-order valence-electron chi connectivity index (χ4n) is 3.92. The Hall–Kier alpha value is -2.93. The Bertz CT molecular complexity index is 949. The molecule has 0 N–H and O–H groups in total. The van der Waals surface area contributed by atoms with Gasteiger partial charge in [0.25, 0.3) is 0 Å². The Morgan fingerprint density at radius 2 is 1.03 bits per heavy atom. The molecule has 2 unspecified atom stereocenters. The van der Waals surface area contributed by atoms with E-state index in [2.05, 4.69) is 0 Å². The number of thioether (sulfide) groups is 1. The summed E-state index contributed by atoms with van der Waals surface area (Å²) in [6.07, 6.45) is 1.80. The lowest BCUT2D eigenvalue weighted by Gasteiger charge is -2.17. The molecule has 7 heteroatoms. The highest BCUT2D eigenvalue weighted by Crippen LogP contribution is 2.37. The lowest BCUT2D eigenvalue weighted by molar-refractivity contribution is -0.122. The van der Waals surface area contributed by atoms with E-state index >= 15 is 0 Å². The van der Waals surface area contributed by atoms with Crippen LogP contribution in [0.15, 0.2) is 48.5 Å². The van der Waals surface area contributed by atoms with Gasteiger partial charge in [-0.3, -0.25) is 19.2 Å². The average Bonchev–Trinajstić information content (AvgIpc) is 3.22. The van der Waals surface area contributed by atoms with Crippen molar-refractivity contribution in [2.24, 2.45) is 0 Å². The van der Waals surface area contributed by atoms with E-state index < -0.39 is 10.5 Å². The molecule has 2 aliphatic rings. The molecule has 4 amide bonds. The van der Waals surface area contributed by atoms with Crippen molar-refractivity contribution in [2.45, 2.75) is 50.0 Å². The smallest absolute Gasteiger partial charge is 0.247 e. The number of rotatable bonds is 6. The molecule has 2 heterocycles. The third-order valence-corrected chi connectivity index (χ3v) is 7.14. The number of hydrogen-bond donors (Lipinski definition) is 0. The summed E-state index contributed by atoms with van der Waals surface area (Å²) in [6, 6.07) is 14.7. The molecule has 0 aromatic heterocycles. The second-order valence-corrected chi connectivity index (χ2v) is 9.11. The molecule has 31 heavy (non-hydrogen) atoms. The number of aryl methyl sites for hydroxylation is 2. The summed E-state index contributed by atoms with van der Waals surface area (Å²) in [5, 5.41) is -1.33. The third-order valence-electron chi connectivity index (χ3n) is 5.74. The van der Waals surface area contributed by atoms with E-state index in [4.69, 9.17) is 0 Å². The van der Waals surface area contributed by atoms with Crippen LogP contribution in [-0.2, 0) is 32.0 Å². The van der Waals surface area contributed by atoms with Gasteiger partial charge in [-0.15, -0.1) is 11.8 Å². The minimum absolute atomic E-state index is 0.0300. The molecule has 6 nitrogen and oxygen atoms in total. The van der Waals surface area contributed by atoms with Gasteiger partial charge in [-0.1, -0.05) is 38.1 Å². The number of benzene rings is 2. The summed E-state index contributed by atoms with van der Waals surface area (Å²) in [6.45, 7) is 4.07. The summed E-state index contributed by atoms with van der Waals surface area (Å²) in [5.41, 5.74) is 3.33. The van der Waals surface area contributed by atoms with Crippen LogP contribution in [0.3, 0.4) is 0 Å². The van der Waals surface area contributed by atoms with Crippen LogP contribution in [0, 0.1) is 0 Å². The van der Waals surface area contributed by atoms with Crippen LogP contribution >= 0.6 is 11.8 Å². The van der Waals surface area contributed by atoms with Gasteiger partial charge < -0.3 is 0 Å². The van der Waals surface area contributed by atoms with Crippen molar-refractivity contribution in [3.05, 3.63) is 59.7 Å². The SMILES string of the molecule is CCc1ccc(N2C(=O)CC(SC3CC(=O)N(c4ccc(CC)cc4)C3=O)C2=O)cc1. The van der Waals surface area contributed by atoms with E-state index in [1.807, 2.05) is 38.1 Å². The monoisotopic (exact) mass is 436 g/mol. The zero-order valence-corrected chi connectivity index (χ0v) is 18.4. The highest BCUT2D eigenvalue weighted by atomic mass is 32.2. The molecule has 2 aliphatic heterocycles. The molecule has 0 saturated carbocycles. The van der Waals surface area contributed by atoms with Crippen molar-refractivity contribution in [1.82, 2.24) is 0 Å². The molecule has 2 saturated heterocycles. The summed E-state index contributed by atoms with van der Waals surface area (Å²) in [4.78, 5) is 53.4. The summed E-state index contributed by atoms with van der Waals surface area (Å²) < 4.78 is 0. The van der Waals surface area contributed by atoms with Crippen molar-refractivity contribution in [2.75, 3.05) is 9.80 Å². The van der Waals surface area contributed by atoms with E-state index in [1.54, 1.807) is 24.3 Å². The van der Waals surface area contributed by atoms with Crippen LogP contribution in [-0.4, -0.2) is 34.1 Å². The fraction of sp³-hybridized carbons (Fsp3) is 0.333. The van der Waals surface area contributed by atoms with E-state index in [9.17, 15) is 19.2 Å². The van der Waals surface area contributed by atoms with Crippen LogP contribution in [0.1, 0.15) is 37.8 Å². The van der Waals surface area contributed by atoms with Crippen molar-refractivity contribution >= 4 is 46.8 Å². The molecular weight excluding hydrogens is 412 g/mol. The number of anilines is 2. The van der Waals surface area contributed by atoms with Crippen LogP contribution in [0.5, 0.6) is 0 Å². The van der Waals surface area contributed by atoms with Gasteiger partial charge in [-0.05, 0) is 48.2 Å².